The number of nitrogens with one attached hydrogen (secondary N) is 1. The zero-order valence-electron chi connectivity index (χ0n) is 17.5. The molecular formula is C23H19FN2O4S2. The van der Waals surface area contributed by atoms with Crippen molar-refractivity contribution >= 4 is 40.0 Å². The van der Waals surface area contributed by atoms with Crippen molar-refractivity contribution in [3.05, 3.63) is 91.0 Å². The Morgan fingerprint density at radius 2 is 1.88 bits per heavy atom. The third-order valence-electron chi connectivity index (χ3n) is 5.02. The summed E-state index contributed by atoms with van der Waals surface area (Å²) in [6, 6.07) is 14.1. The van der Waals surface area contributed by atoms with E-state index in [0.29, 0.717) is 4.90 Å². The van der Waals surface area contributed by atoms with E-state index in [1.165, 1.54) is 36.4 Å². The van der Waals surface area contributed by atoms with Gasteiger partial charge in [-0.3, -0.25) is 4.79 Å². The first-order valence-corrected chi connectivity index (χ1v) is 11.3. The molecule has 6 nitrogen and oxygen atoms in total. The first-order valence-electron chi connectivity index (χ1n) is 9.62. The minimum absolute atomic E-state index is 0.0106. The summed E-state index contributed by atoms with van der Waals surface area (Å²) in [5.74, 6) is -1.43. The SMILES string of the molecule is COC(=O)c1scc2[nH]c(=O)n(-c3cc(SC(C)(C)c4ccccc4)ccc3F)c(=O)c12. The van der Waals surface area contributed by atoms with Crippen LogP contribution in [0.5, 0.6) is 0 Å². The van der Waals surface area contributed by atoms with Crippen molar-refractivity contribution in [3.63, 3.8) is 0 Å². The second kappa shape index (κ2) is 8.40. The molecule has 4 aromatic rings. The number of aromatic nitrogens is 2. The van der Waals surface area contributed by atoms with Crippen molar-refractivity contribution < 1.29 is 13.9 Å². The predicted molar refractivity (Wildman–Crippen MR) is 125 cm³/mol. The molecule has 32 heavy (non-hydrogen) atoms. The molecule has 0 amide bonds. The number of hydrogen-bond donors (Lipinski definition) is 1. The maximum absolute atomic E-state index is 14.8. The van der Waals surface area contributed by atoms with E-state index in [1.807, 2.05) is 44.2 Å². The first-order chi connectivity index (χ1) is 15.2. The molecule has 0 aliphatic rings. The van der Waals surface area contributed by atoms with Crippen molar-refractivity contribution in [2.45, 2.75) is 23.5 Å². The van der Waals surface area contributed by atoms with Crippen molar-refractivity contribution in [3.8, 4) is 5.69 Å². The van der Waals surface area contributed by atoms with Gasteiger partial charge in [0.05, 0.1) is 23.7 Å². The highest BCUT2D eigenvalue weighted by molar-refractivity contribution is 8.00. The lowest BCUT2D eigenvalue weighted by Crippen LogP contribution is -2.34. The molecule has 0 bridgehead atoms. The fourth-order valence-corrected chi connectivity index (χ4v) is 5.48. The topological polar surface area (TPSA) is 81.2 Å². The molecular weight excluding hydrogens is 451 g/mol. The molecule has 0 spiro atoms. The molecule has 0 atom stereocenters. The number of aromatic amines is 1. The Bertz CT molecular complexity index is 1440. The number of H-pyrrole nitrogens is 1. The summed E-state index contributed by atoms with van der Waals surface area (Å²) in [7, 11) is 1.20. The van der Waals surface area contributed by atoms with Crippen molar-refractivity contribution in [1.29, 1.82) is 0 Å². The van der Waals surface area contributed by atoms with Crippen LogP contribution < -0.4 is 11.2 Å². The van der Waals surface area contributed by atoms with Gasteiger partial charge in [0.25, 0.3) is 5.56 Å². The second-order valence-electron chi connectivity index (χ2n) is 7.51. The Labute approximate surface area is 190 Å². The number of thioether (sulfide) groups is 1. The molecule has 0 aliphatic heterocycles. The monoisotopic (exact) mass is 470 g/mol. The highest BCUT2D eigenvalue weighted by Gasteiger charge is 2.24. The summed E-state index contributed by atoms with van der Waals surface area (Å²) in [4.78, 5) is 41.2. The zero-order chi connectivity index (χ0) is 23.0. The number of ether oxygens (including phenoxy) is 1. The fraction of sp³-hybridized carbons (Fsp3) is 0.174. The van der Waals surface area contributed by atoms with Gasteiger partial charge in [-0.1, -0.05) is 30.3 Å². The summed E-state index contributed by atoms with van der Waals surface area (Å²) < 4.78 is 19.9. The Balaban J connectivity index is 1.85. The Morgan fingerprint density at radius 1 is 1.16 bits per heavy atom. The lowest BCUT2D eigenvalue weighted by atomic mass is 10.0. The van der Waals surface area contributed by atoms with Gasteiger partial charge in [0.2, 0.25) is 0 Å². The van der Waals surface area contributed by atoms with Gasteiger partial charge in [-0.15, -0.1) is 23.1 Å². The zero-order valence-corrected chi connectivity index (χ0v) is 19.1. The van der Waals surface area contributed by atoms with Crippen LogP contribution in [-0.2, 0) is 9.48 Å². The van der Waals surface area contributed by atoms with Crippen molar-refractivity contribution in [2.75, 3.05) is 7.11 Å². The van der Waals surface area contributed by atoms with Gasteiger partial charge in [0, 0.05) is 15.0 Å². The van der Waals surface area contributed by atoms with E-state index >= 15 is 0 Å². The van der Waals surface area contributed by atoms with Gasteiger partial charge in [0.15, 0.2) is 0 Å². The third-order valence-corrected chi connectivity index (χ3v) is 7.22. The number of benzene rings is 2. The highest BCUT2D eigenvalue weighted by atomic mass is 32.2. The van der Waals surface area contributed by atoms with Crippen LogP contribution in [0.25, 0.3) is 16.6 Å². The number of carbonyl (C=O) groups excluding carboxylic acids is 1. The number of halogens is 1. The van der Waals surface area contributed by atoms with E-state index in [-0.39, 0.29) is 26.2 Å². The molecule has 2 aromatic heterocycles. The van der Waals surface area contributed by atoms with Gasteiger partial charge in [-0.05, 0) is 37.6 Å². The molecule has 164 valence electrons. The number of rotatable bonds is 5. The number of thiophene rings is 1. The molecule has 4 rings (SSSR count). The van der Waals surface area contributed by atoms with Crippen LogP contribution >= 0.6 is 23.1 Å². The number of methoxy groups -OCH3 is 1. The molecule has 2 heterocycles. The largest absolute Gasteiger partial charge is 0.465 e. The predicted octanol–water partition coefficient (Wildman–Crippen LogP) is 4.69. The highest BCUT2D eigenvalue weighted by Crippen LogP contribution is 2.41. The minimum Gasteiger partial charge on any atom is -0.465 e. The quantitative estimate of drug-likeness (QED) is 0.338. The summed E-state index contributed by atoms with van der Waals surface area (Å²) in [5.41, 5.74) is -0.478. The lowest BCUT2D eigenvalue weighted by molar-refractivity contribution is 0.0608. The van der Waals surface area contributed by atoms with Crippen LogP contribution in [0.1, 0.15) is 29.1 Å². The number of hydrogen-bond acceptors (Lipinski definition) is 6. The maximum atomic E-state index is 14.8. The molecule has 0 saturated carbocycles. The summed E-state index contributed by atoms with van der Waals surface area (Å²) in [6.45, 7) is 4.07. The van der Waals surface area contributed by atoms with Gasteiger partial charge in [-0.25, -0.2) is 18.5 Å². The molecule has 9 heteroatoms. The molecule has 1 N–H and O–H groups in total. The van der Waals surface area contributed by atoms with E-state index in [2.05, 4.69) is 4.98 Å². The number of esters is 1. The van der Waals surface area contributed by atoms with Crippen molar-refractivity contribution in [2.24, 2.45) is 0 Å². The minimum atomic E-state index is -0.792. The van der Waals surface area contributed by atoms with Crippen LogP contribution in [0.4, 0.5) is 4.39 Å². The van der Waals surface area contributed by atoms with Gasteiger partial charge < -0.3 is 9.72 Å². The van der Waals surface area contributed by atoms with E-state index < -0.39 is 23.0 Å². The average molecular weight is 471 g/mol. The fourth-order valence-electron chi connectivity index (χ4n) is 3.42. The van der Waals surface area contributed by atoms with Crippen molar-refractivity contribution in [1.82, 2.24) is 9.55 Å². The van der Waals surface area contributed by atoms with Gasteiger partial charge in [0.1, 0.15) is 10.7 Å². The Kier molecular flexibility index (Phi) is 5.79. The number of nitrogens with zero attached hydrogens (tertiary/aromatic N) is 1. The second-order valence-corrected chi connectivity index (χ2v) is 10.1. The Hall–Kier alpha value is -3.17. The first kappa shape index (κ1) is 22.0. The normalized spacial score (nSPS) is 11.6. The van der Waals surface area contributed by atoms with E-state index in [0.717, 1.165) is 21.5 Å². The third kappa shape index (κ3) is 3.89. The molecule has 0 fully saturated rings. The maximum Gasteiger partial charge on any atom is 0.348 e. The smallest absolute Gasteiger partial charge is 0.348 e. The average Bonchev–Trinajstić information content (AvgIpc) is 3.19. The molecule has 0 saturated heterocycles. The number of carbonyl (C=O) groups is 1. The van der Waals surface area contributed by atoms with E-state index in [1.54, 1.807) is 6.07 Å². The van der Waals surface area contributed by atoms with Crippen LogP contribution in [0.2, 0.25) is 0 Å². The van der Waals surface area contributed by atoms with Crippen LogP contribution in [0, 0.1) is 5.82 Å². The summed E-state index contributed by atoms with van der Waals surface area (Å²) in [5, 5.41) is 1.48. The lowest BCUT2D eigenvalue weighted by Gasteiger charge is -2.25. The summed E-state index contributed by atoms with van der Waals surface area (Å²) in [6.07, 6.45) is 0. The van der Waals surface area contributed by atoms with Crippen LogP contribution in [0.15, 0.2) is 68.4 Å². The standard InChI is InChI=1S/C23H19FN2O4S2/c1-23(2,13-7-5-4-6-8-13)32-14-9-10-15(24)17(11-14)26-20(27)18-16(25-22(26)29)12-31-19(18)21(28)30-3/h4-12H,1-3H3,(H,25,29). The van der Waals surface area contributed by atoms with E-state index in [9.17, 15) is 18.8 Å². The van der Waals surface area contributed by atoms with Crippen LogP contribution in [-0.4, -0.2) is 22.6 Å². The Morgan fingerprint density at radius 3 is 2.56 bits per heavy atom. The molecule has 2 aromatic carbocycles. The van der Waals surface area contributed by atoms with Gasteiger partial charge >= 0.3 is 11.7 Å². The number of fused-ring (bicyclic) bond motifs is 1. The van der Waals surface area contributed by atoms with E-state index in [4.69, 9.17) is 4.74 Å². The van der Waals surface area contributed by atoms with Crippen LogP contribution in [0.3, 0.4) is 0 Å². The molecule has 0 aliphatic carbocycles. The molecule has 0 radical (unpaired) electrons. The van der Waals surface area contributed by atoms with Gasteiger partial charge in [-0.2, -0.15) is 0 Å². The summed E-state index contributed by atoms with van der Waals surface area (Å²) >= 11 is 2.46. The molecule has 0 unspecified atom stereocenters.